The van der Waals surface area contributed by atoms with E-state index in [1.54, 1.807) is 0 Å². The molecule has 0 aliphatic carbocycles. The van der Waals surface area contributed by atoms with Crippen LogP contribution in [0.1, 0.15) is 12.0 Å². The number of fused-ring (bicyclic) bond motifs is 2. The first kappa shape index (κ1) is 19.6. The summed E-state index contributed by atoms with van der Waals surface area (Å²) in [7, 11) is 0. The van der Waals surface area contributed by atoms with Crippen LogP contribution in [-0.2, 0) is 4.74 Å². The van der Waals surface area contributed by atoms with Gasteiger partial charge in [0.25, 0.3) is 0 Å². The number of nitrogens with one attached hydrogen (secondary N) is 2. The Hall–Kier alpha value is -3.04. The molecule has 3 aromatic rings. The van der Waals surface area contributed by atoms with Gasteiger partial charge in [0.2, 0.25) is 5.95 Å². The van der Waals surface area contributed by atoms with Crippen molar-refractivity contribution in [2.24, 2.45) is 0 Å². The summed E-state index contributed by atoms with van der Waals surface area (Å²) in [5, 5.41) is 10.1. The summed E-state index contributed by atoms with van der Waals surface area (Å²) in [4.78, 5) is 9.28. The molecule has 2 N–H and O–H groups in total. The van der Waals surface area contributed by atoms with Crippen molar-refractivity contribution in [1.29, 1.82) is 0 Å². The number of aromatic amines is 1. The second-order valence-corrected chi connectivity index (χ2v) is 8.98. The lowest BCUT2D eigenvalue weighted by Gasteiger charge is -2.54. The third kappa shape index (κ3) is 3.71. The summed E-state index contributed by atoms with van der Waals surface area (Å²) < 4.78 is 32.8. The molecule has 9 heteroatoms. The number of H-pyrrole nitrogens is 1. The number of nitrogens with zero attached hydrogens (tertiary/aromatic N) is 4. The van der Waals surface area contributed by atoms with Gasteiger partial charge in [0.15, 0.2) is 5.82 Å². The first-order valence-corrected chi connectivity index (χ1v) is 10.9. The molecule has 7 nitrogen and oxygen atoms in total. The lowest BCUT2D eigenvalue weighted by Crippen LogP contribution is -2.67. The number of aryl methyl sites for hydroxylation is 1. The van der Waals surface area contributed by atoms with Crippen LogP contribution in [0.15, 0.2) is 36.4 Å². The van der Waals surface area contributed by atoms with Crippen LogP contribution in [0.25, 0.3) is 11.4 Å². The molecule has 0 amide bonds. The van der Waals surface area contributed by atoms with Gasteiger partial charge in [-0.25, -0.2) is 8.78 Å². The maximum atomic E-state index is 13.5. The largest absolute Gasteiger partial charge is 0.372 e. The van der Waals surface area contributed by atoms with Crippen LogP contribution in [0.3, 0.4) is 0 Å². The highest BCUT2D eigenvalue weighted by atomic mass is 19.1. The van der Waals surface area contributed by atoms with Crippen LogP contribution >= 0.6 is 0 Å². The van der Waals surface area contributed by atoms with E-state index in [4.69, 9.17) is 4.74 Å². The zero-order chi connectivity index (χ0) is 21.8. The minimum absolute atomic E-state index is 0.299. The fourth-order valence-corrected chi connectivity index (χ4v) is 4.87. The van der Waals surface area contributed by atoms with E-state index >= 15 is 0 Å². The second-order valence-electron chi connectivity index (χ2n) is 8.98. The molecule has 0 saturated carbocycles. The van der Waals surface area contributed by atoms with Crippen molar-refractivity contribution in [3.8, 4) is 11.4 Å². The quantitative estimate of drug-likeness (QED) is 0.636. The molecule has 2 unspecified atom stereocenters. The normalized spacial score (nSPS) is 23.0. The highest BCUT2D eigenvalue weighted by molar-refractivity contribution is 5.66. The molecular weight excluding hydrogens is 414 g/mol. The van der Waals surface area contributed by atoms with Crippen LogP contribution in [0.4, 0.5) is 26.1 Å². The van der Waals surface area contributed by atoms with Crippen LogP contribution < -0.4 is 10.2 Å². The molecule has 2 aromatic carbocycles. The Kier molecular flexibility index (Phi) is 4.62. The SMILES string of the molecule is Cc1cc(Nc2n[nH]c(-c3cc(F)cc(F)c3)n2)cc(N2CC(N3CC4CC(C3)O4)C2)c1. The van der Waals surface area contributed by atoms with E-state index in [9.17, 15) is 8.78 Å². The van der Waals surface area contributed by atoms with Gasteiger partial charge in [0.05, 0.1) is 12.2 Å². The summed E-state index contributed by atoms with van der Waals surface area (Å²) in [6.07, 6.45) is 2.09. The van der Waals surface area contributed by atoms with Crippen molar-refractivity contribution >= 4 is 17.3 Å². The Labute approximate surface area is 184 Å². The van der Waals surface area contributed by atoms with E-state index in [1.165, 1.54) is 18.6 Å². The van der Waals surface area contributed by atoms with Crippen molar-refractivity contribution in [3.63, 3.8) is 0 Å². The Balaban J connectivity index is 1.14. The van der Waals surface area contributed by atoms with Gasteiger partial charge in [-0.2, -0.15) is 4.98 Å². The number of ether oxygens (including phenoxy) is 1. The lowest BCUT2D eigenvalue weighted by atomic mass is 9.94. The number of rotatable bonds is 5. The number of morpholine rings is 1. The van der Waals surface area contributed by atoms with Gasteiger partial charge in [0, 0.05) is 61.6 Å². The van der Waals surface area contributed by atoms with Crippen molar-refractivity contribution in [2.75, 3.05) is 36.4 Å². The molecule has 166 valence electrons. The van der Waals surface area contributed by atoms with Gasteiger partial charge in [0.1, 0.15) is 11.6 Å². The zero-order valence-electron chi connectivity index (χ0n) is 17.7. The fourth-order valence-electron chi connectivity index (χ4n) is 4.87. The number of benzene rings is 2. The van der Waals surface area contributed by atoms with Gasteiger partial charge in [-0.05, 0) is 42.8 Å². The molecule has 2 atom stereocenters. The number of hydrogen-bond donors (Lipinski definition) is 2. The summed E-state index contributed by atoms with van der Waals surface area (Å²) >= 11 is 0. The number of anilines is 3. The van der Waals surface area contributed by atoms with Crippen LogP contribution in [0.5, 0.6) is 0 Å². The highest BCUT2D eigenvalue weighted by Crippen LogP contribution is 2.34. The molecule has 2 bridgehead atoms. The fraction of sp³-hybridized carbons (Fsp3) is 0.391. The van der Waals surface area contributed by atoms with E-state index in [0.717, 1.165) is 49.2 Å². The Morgan fingerprint density at radius 2 is 1.72 bits per heavy atom. The molecule has 1 aromatic heterocycles. The molecule has 4 saturated heterocycles. The number of piperidine rings is 1. The molecule has 0 radical (unpaired) electrons. The molecule has 5 heterocycles. The summed E-state index contributed by atoms with van der Waals surface area (Å²) in [6.45, 7) is 6.19. The maximum absolute atomic E-state index is 13.5. The number of halogens is 2. The van der Waals surface area contributed by atoms with Crippen molar-refractivity contribution in [1.82, 2.24) is 20.1 Å². The Morgan fingerprint density at radius 1 is 1.00 bits per heavy atom. The maximum Gasteiger partial charge on any atom is 0.246 e. The Bertz CT molecular complexity index is 1120. The first-order chi connectivity index (χ1) is 15.5. The molecule has 4 aliphatic heterocycles. The van der Waals surface area contributed by atoms with E-state index in [0.29, 0.717) is 35.6 Å². The summed E-state index contributed by atoms with van der Waals surface area (Å²) in [5.74, 6) is -0.671. The molecule has 4 fully saturated rings. The minimum Gasteiger partial charge on any atom is -0.372 e. The van der Waals surface area contributed by atoms with E-state index in [1.807, 2.05) is 6.07 Å². The van der Waals surface area contributed by atoms with E-state index in [2.05, 4.69) is 49.4 Å². The van der Waals surface area contributed by atoms with Crippen molar-refractivity contribution in [3.05, 3.63) is 53.6 Å². The molecule has 0 spiro atoms. The minimum atomic E-state index is -0.656. The zero-order valence-corrected chi connectivity index (χ0v) is 17.7. The third-order valence-electron chi connectivity index (χ3n) is 6.47. The lowest BCUT2D eigenvalue weighted by molar-refractivity contribution is -0.189. The van der Waals surface area contributed by atoms with Crippen LogP contribution in [0, 0.1) is 18.6 Å². The summed E-state index contributed by atoms with van der Waals surface area (Å²) in [6, 6.07) is 10.1. The van der Waals surface area contributed by atoms with Crippen molar-refractivity contribution in [2.45, 2.75) is 31.6 Å². The van der Waals surface area contributed by atoms with Gasteiger partial charge >= 0.3 is 0 Å². The highest BCUT2D eigenvalue weighted by Gasteiger charge is 2.43. The molecule has 32 heavy (non-hydrogen) atoms. The standard InChI is InChI=1S/C23H24F2N6O/c1-13-2-17(26-23-27-22(28-29-23)14-4-15(24)6-16(25)5-14)7-18(3-13)30-9-19(10-30)31-11-20-8-21(12-31)32-20/h2-7,19-21H,8-12H2,1H3,(H2,26,27,28,29). The third-order valence-corrected chi connectivity index (χ3v) is 6.47. The second kappa shape index (κ2) is 7.53. The average Bonchev–Trinajstić information content (AvgIpc) is 3.14. The summed E-state index contributed by atoms with van der Waals surface area (Å²) in [5.41, 5.74) is 3.46. The molecule has 7 rings (SSSR count). The smallest absolute Gasteiger partial charge is 0.246 e. The molecule has 4 aliphatic rings. The predicted octanol–water partition coefficient (Wildman–Crippen LogP) is 3.46. The van der Waals surface area contributed by atoms with Gasteiger partial charge in [-0.15, -0.1) is 5.10 Å². The average molecular weight is 438 g/mol. The van der Waals surface area contributed by atoms with Crippen molar-refractivity contribution < 1.29 is 13.5 Å². The van der Waals surface area contributed by atoms with Gasteiger partial charge < -0.3 is 15.0 Å². The van der Waals surface area contributed by atoms with Gasteiger partial charge in [-0.3, -0.25) is 10.00 Å². The monoisotopic (exact) mass is 438 g/mol. The predicted molar refractivity (Wildman–Crippen MR) is 117 cm³/mol. The number of aromatic nitrogens is 3. The van der Waals surface area contributed by atoms with Gasteiger partial charge in [-0.1, -0.05) is 0 Å². The molecular formula is C23H24F2N6O. The van der Waals surface area contributed by atoms with E-state index < -0.39 is 11.6 Å². The van der Waals surface area contributed by atoms with Crippen LogP contribution in [-0.4, -0.2) is 64.5 Å². The first-order valence-electron chi connectivity index (χ1n) is 10.9. The number of hydrogen-bond acceptors (Lipinski definition) is 6. The van der Waals surface area contributed by atoms with Crippen LogP contribution in [0.2, 0.25) is 0 Å². The van der Waals surface area contributed by atoms with E-state index in [-0.39, 0.29) is 0 Å². The topological polar surface area (TPSA) is 69.3 Å². The Morgan fingerprint density at radius 3 is 2.44 bits per heavy atom.